The standard InChI is InChI=1S/C8H6ClN3O/c9-5-2-1-4-3-6(10)12-8(13)7(4)11-5/h1-3H,(H3,10,12,13). The first-order chi connectivity index (χ1) is 6.16. The highest BCUT2D eigenvalue weighted by molar-refractivity contribution is 6.29. The number of nitrogens with zero attached hydrogens (tertiary/aromatic N) is 1. The summed E-state index contributed by atoms with van der Waals surface area (Å²) < 4.78 is 0. The second kappa shape index (κ2) is 2.74. The summed E-state index contributed by atoms with van der Waals surface area (Å²) in [7, 11) is 0. The molecule has 66 valence electrons. The number of aromatic amines is 1. The molecular weight excluding hydrogens is 190 g/mol. The van der Waals surface area contributed by atoms with E-state index in [1.165, 1.54) is 0 Å². The van der Waals surface area contributed by atoms with Crippen molar-refractivity contribution in [3.63, 3.8) is 0 Å². The van der Waals surface area contributed by atoms with Crippen LogP contribution in [0.5, 0.6) is 0 Å². The largest absolute Gasteiger partial charge is 0.385 e. The summed E-state index contributed by atoms with van der Waals surface area (Å²) in [6, 6.07) is 4.96. The van der Waals surface area contributed by atoms with Crippen LogP contribution in [-0.4, -0.2) is 9.97 Å². The molecule has 0 aliphatic carbocycles. The molecule has 0 unspecified atom stereocenters. The molecule has 2 aromatic rings. The molecule has 0 aliphatic heterocycles. The Bertz CT molecular complexity index is 520. The molecule has 0 spiro atoms. The van der Waals surface area contributed by atoms with Crippen LogP contribution in [0.4, 0.5) is 5.82 Å². The Morgan fingerprint density at radius 2 is 2.23 bits per heavy atom. The van der Waals surface area contributed by atoms with Gasteiger partial charge >= 0.3 is 0 Å². The molecule has 3 N–H and O–H groups in total. The van der Waals surface area contributed by atoms with Crippen LogP contribution < -0.4 is 11.3 Å². The minimum absolute atomic E-state index is 0.294. The fourth-order valence-corrected chi connectivity index (χ4v) is 1.29. The van der Waals surface area contributed by atoms with Gasteiger partial charge in [0, 0.05) is 5.39 Å². The van der Waals surface area contributed by atoms with Gasteiger partial charge in [0.15, 0.2) is 0 Å². The predicted molar refractivity (Wildman–Crippen MR) is 51.8 cm³/mol. The van der Waals surface area contributed by atoms with Gasteiger partial charge in [0.25, 0.3) is 5.56 Å². The first-order valence-corrected chi connectivity index (χ1v) is 3.99. The van der Waals surface area contributed by atoms with Crippen LogP contribution in [0.2, 0.25) is 5.15 Å². The molecule has 0 bridgehead atoms. The van der Waals surface area contributed by atoms with Crippen molar-refractivity contribution in [2.45, 2.75) is 0 Å². The van der Waals surface area contributed by atoms with Crippen molar-refractivity contribution in [3.05, 3.63) is 33.7 Å². The van der Waals surface area contributed by atoms with E-state index in [-0.39, 0.29) is 5.56 Å². The van der Waals surface area contributed by atoms with Crippen molar-refractivity contribution in [1.29, 1.82) is 0 Å². The molecule has 0 fully saturated rings. The Morgan fingerprint density at radius 3 is 3.00 bits per heavy atom. The Kier molecular flexibility index (Phi) is 1.70. The third kappa shape index (κ3) is 1.36. The third-order valence-electron chi connectivity index (χ3n) is 1.68. The minimum Gasteiger partial charge on any atom is -0.385 e. The molecule has 4 nitrogen and oxygen atoms in total. The lowest BCUT2D eigenvalue weighted by Gasteiger charge is -1.97. The van der Waals surface area contributed by atoms with Crippen LogP contribution in [0, 0.1) is 0 Å². The van der Waals surface area contributed by atoms with Crippen molar-refractivity contribution in [1.82, 2.24) is 9.97 Å². The average Bonchev–Trinajstić information content (AvgIpc) is 2.06. The number of fused-ring (bicyclic) bond motifs is 1. The molecule has 0 aromatic carbocycles. The van der Waals surface area contributed by atoms with E-state index in [4.69, 9.17) is 17.3 Å². The van der Waals surface area contributed by atoms with Crippen LogP contribution in [0.3, 0.4) is 0 Å². The Balaban J connectivity index is 2.95. The second-order valence-corrected chi connectivity index (χ2v) is 3.01. The number of hydrogen-bond acceptors (Lipinski definition) is 3. The Labute approximate surface area is 78.4 Å². The van der Waals surface area contributed by atoms with Crippen molar-refractivity contribution >= 4 is 28.3 Å². The zero-order chi connectivity index (χ0) is 9.42. The van der Waals surface area contributed by atoms with Crippen LogP contribution in [-0.2, 0) is 0 Å². The summed E-state index contributed by atoms with van der Waals surface area (Å²) in [5.74, 6) is 0.321. The molecule has 2 aromatic heterocycles. The second-order valence-electron chi connectivity index (χ2n) is 2.63. The van der Waals surface area contributed by atoms with E-state index in [2.05, 4.69) is 9.97 Å². The fraction of sp³-hybridized carbons (Fsp3) is 0. The molecule has 0 amide bonds. The van der Waals surface area contributed by atoms with Gasteiger partial charge in [0.2, 0.25) is 0 Å². The Morgan fingerprint density at radius 1 is 1.46 bits per heavy atom. The van der Waals surface area contributed by atoms with E-state index in [1.807, 2.05) is 0 Å². The number of nitrogen functional groups attached to an aromatic ring is 1. The number of nitrogens with one attached hydrogen (secondary N) is 1. The molecule has 0 saturated carbocycles. The van der Waals surface area contributed by atoms with Crippen molar-refractivity contribution < 1.29 is 0 Å². The van der Waals surface area contributed by atoms with Gasteiger partial charge in [-0.25, -0.2) is 4.98 Å². The van der Waals surface area contributed by atoms with Gasteiger partial charge in [-0.1, -0.05) is 11.6 Å². The molecule has 2 heterocycles. The number of halogens is 1. The third-order valence-corrected chi connectivity index (χ3v) is 1.89. The van der Waals surface area contributed by atoms with Crippen LogP contribution in [0.1, 0.15) is 0 Å². The number of H-pyrrole nitrogens is 1. The lowest BCUT2D eigenvalue weighted by Crippen LogP contribution is -2.10. The summed E-state index contributed by atoms with van der Waals surface area (Å²) in [6.07, 6.45) is 0. The maximum absolute atomic E-state index is 11.3. The van der Waals surface area contributed by atoms with Crippen molar-refractivity contribution in [2.24, 2.45) is 0 Å². The van der Waals surface area contributed by atoms with Gasteiger partial charge in [-0.2, -0.15) is 0 Å². The summed E-state index contributed by atoms with van der Waals surface area (Å²) in [6.45, 7) is 0. The molecule has 0 aliphatic rings. The van der Waals surface area contributed by atoms with Crippen molar-refractivity contribution in [2.75, 3.05) is 5.73 Å². The zero-order valence-corrected chi connectivity index (χ0v) is 7.30. The van der Waals surface area contributed by atoms with E-state index in [0.717, 1.165) is 0 Å². The highest BCUT2D eigenvalue weighted by atomic mass is 35.5. The summed E-state index contributed by atoms with van der Waals surface area (Å²) >= 11 is 5.64. The monoisotopic (exact) mass is 195 g/mol. The van der Waals surface area contributed by atoms with Crippen molar-refractivity contribution in [3.8, 4) is 0 Å². The number of anilines is 1. The molecule has 5 heteroatoms. The van der Waals surface area contributed by atoms with Gasteiger partial charge in [-0.3, -0.25) is 4.79 Å². The first-order valence-electron chi connectivity index (χ1n) is 3.62. The maximum atomic E-state index is 11.3. The summed E-state index contributed by atoms with van der Waals surface area (Å²) in [5, 5.41) is 0.980. The summed E-state index contributed by atoms with van der Waals surface area (Å²) in [4.78, 5) is 17.6. The lowest BCUT2D eigenvalue weighted by molar-refractivity contribution is 1.25. The predicted octanol–water partition coefficient (Wildman–Crippen LogP) is 1.16. The van der Waals surface area contributed by atoms with Crippen LogP contribution in [0.25, 0.3) is 10.9 Å². The van der Waals surface area contributed by atoms with E-state index >= 15 is 0 Å². The zero-order valence-electron chi connectivity index (χ0n) is 6.54. The van der Waals surface area contributed by atoms with E-state index in [9.17, 15) is 4.79 Å². The van der Waals surface area contributed by atoms with Crippen LogP contribution >= 0.6 is 11.6 Å². The average molecular weight is 196 g/mol. The highest BCUT2D eigenvalue weighted by Gasteiger charge is 2.01. The quantitative estimate of drug-likeness (QED) is 0.620. The topological polar surface area (TPSA) is 71.8 Å². The lowest BCUT2D eigenvalue weighted by atomic mass is 10.2. The molecule has 13 heavy (non-hydrogen) atoms. The fourth-order valence-electron chi connectivity index (χ4n) is 1.14. The maximum Gasteiger partial charge on any atom is 0.276 e. The van der Waals surface area contributed by atoms with Gasteiger partial charge < -0.3 is 10.7 Å². The first kappa shape index (κ1) is 8.07. The van der Waals surface area contributed by atoms with Gasteiger partial charge in [-0.15, -0.1) is 0 Å². The Hall–Kier alpha value is -1.55. The highest BCUT2D eigenvalue weighted by Crippen LogP contribution is 2.12. The molecule has 0 saturated heterocycles. The molecule has 0 atom stereocenters. The van der Waals surface area contributed by atoms with Gasteiger partial charge in [0.05, 0.1) is 0 Å². The van der Waals surface area contributed by atoms with Gasteiger partial charge in [-0.05, 0) is 18.2 Å². The minimum atomic E-state index is -0.322. The molecule has 0 radical (unpaired) electrons. The number of hydrogen-bond donors (Lipinski definition) is 2. The number of nitrogens with two attached hydrogens (primary N) is 1. The number of aromatic nitrogens is 2. The number of pyridine rings is 2. The molecular formula is C8H6ClN3O. The molecule has 2 rings (SSSR count). The van der Waals surface area contributed by atoms with E-state index < -0.39 is 0 Å². The van der Waals surface area contributed by atoms with E-state index in [0.29, 0.717) is 21.9 Å². The van der Waals surface area contributed by atoms with Crippen LogP contribution in [0.15, 0.2) is 23.0 Å². The summed E-state index contributed by atoms with van der Waals surface area (Å²) in [5.41, 5.74) is 5.43. The SMILES string of the molecule is Nc1cc2ccc(Cl)nc2c(=O)[nH]1. The smallest absolute Gasteiger partial charge is 0.276 e. The normalized spacial score (nSPS) is 10.5. The van der Waals surface area contributed by atoms with E-state index in [1.54, 1.807) is 18.2 Å². The van der Waals surface area contributed by atoms with Gasteiger partial charge in [0.1, 0.15) is 16.5 Å². The number of rotatable bonds is 0.